The van der Waals surface area contributed by atoms with E-state index in [2.05, 4.69) is 0 Å². The third-order valence-corrected chi connectivity index (χ3v) is 3.39. The molecule has 2 rings (SSSR count). The van der Waals surface area contributed by atoms with E-state index in [1.54, 1.807) is 12.1 Å². The van der Waals surface area contributed by atoms with Crippen LogP contribution in [0.3, 0.4) is 0 Å². The number of Topliss-reactive ketones (excluding diaryl/α,β-unsaturated/α-hetero) is 1. The molecule has 0 aromatic heterocycles. The largest absolute Gasteiger partial charge is 0.368 e. The van der Waals surface area contributed by atoms with Crippen LogP contribution in [-0.4, -0.2) is 35.7 Å². The van der Waals surface area contributed by atoms with E-state index in [0.29, 0.717) is 0 Å². The lowest BCUT2D eigenvalue weighted by Crippen LogP contribution is -2.42. The third kappa shape index (κ3) is 3.61. The van der Waals surface area contributed by atoms with Gasteiger partial charge in [0.15, 0.2) is 5.78 Å². The first-order valence-corrected chi connectivity index (χ1v) is 6.36. The molecule has 1 aromatic carbocycles. The lowest BCUT2D eigenvalue weighted by Gasteiger charge is -2.20. The molecule has 1 aromatic rings. The minimum atomic E-state index is -0.368. The molecule has 4 nitrogen and oxygen atoms in total. The molecule has 1 amide bonds. The fourth-order valence-corrected chi connectivity index (χ4v) is 2.45. The molecule has 5 heteroatoms. The van der Waals surface area contributed by atoms with Crippen LogP contribution in [0.5, 0.6) is 0 Å². The van der Waals surface area contributed by atoms with Gasteiger partial charge in [0.25, 0.3) is 0 Å². The number of hydrogen-bond donors (Lipinski definition) is 1. The Morgan fingerprint density at radius 2 is 2.00 bits per heavy atom. The third-order valence-electron chi connectivity index (χ3n) is 3.39. The number of carbonyl (C=O) groups is 2. The minimum absolute atomic E-state index is 0.0137. The maximum atomic E-state index is 12.7. The molecule has 2 N–H and O–H groups in total. The molecule has 0 aliphatic carbocycles. The second kappa shape index (κ2) is 5.93. The molecule has 1 heterocycles. The summed E-state index contributed by atoms with van der Waals surface area (Å²) in [6.07, 6.45) is 1.86. The highest BCUT2D eigenvalue weighted by atomic mass is 19.1. The van der Waals surface area contributed by atoms with Crippen molar-refractivity contribution in [2.75, 3.05) is 13.1 Å². The van der Waals surface area contributed by atoms with Gasteiger partial charge in [-0.25, -0.2) is 4.39 Å². The van der Waals surface area contributed by atoms with E-state index < -0.39 is 0 Å². The molecule has 102 valence electrons. The Morgan fingerprint density at radius 1 is 1.32 bits per heavy atom. The quantitative estimate of drug-likeness (QED) is 0.859. The van der Waals surface area contributed by atoms with Crippen molar-refractivity contribution >= 4 is 11.7 Å². The molecule has 1 aliphatic rings. The predicted molar refractivity (Wildman–Crippen MR) is 68.9 cm³/mol. The monoisotopic (exact) mass is 264 g/mol. The SMILES string of the molecule is NC(=O)C1CCCN1CC(=O)Cc1ccc(F)cc1. The van der Waals surface area contributed by atoms with Gasteiger partial charge in [-0.1, -0.05) is 12.1 Å². The number of halogens is 1. The van der Waals surface area contributed by atoms with Gasteiger partial charge in [0.05, 0.1) is 12.6 Å². The van der Waals surface area contributed by atoms with Crippen LogP contribution < -0.4 is 5.73 Å². The molecule has 1 unspecified atom stereocenters. The van der Waals surface area contributed by atoms with Crippen molar-refractivity contribution in [3.8, 4) is 0 Å². The summed E-state index contributed by atoms with van der Waals surface area (Å²) in [7, 11) is 0. The van der Waals surface area contributed by atoms with Crippen molar-refractivity contribution in [1.29, 1.82) is 0 Å². The van der Waals surface area contributed by atoms with Crippen molar-refractivity contribution in [2.24, 2.45) is 5.73 Å². The normalized spacial score (nSPS) is 19.5. The number of nitrogens with zero attached hydrogens (tertiary/aromatic N) is 1. The molecule has 19 heavy (non-hydrogen) atoms. The van der Waals surface area contributed by atoms with Gasteiger partial charge in [0, 0.05) is 6.42 Å². The summed E-state index contributed by atoms with van der Waals surface area (Å²) >= 11 is 0. The molecule has 0 bridgehead atoms. The minimum Gasteiger partial charge on any atom is -0.368 e. The lowest BCUT2D eigenvalue weighted by atomic mass is 10.1. The molecule has 1 fully saturated rings. The van der Waals surface area contributed by atoms with Crippen molar-refractivity contribution in [2.45, 2.75) is 25.3 Å². The van der Waals surface area contributed by atoms with E-state index in [0.717, 1.165) is 24.9 Å². The van der Waals surface area contributed by atoms with Crippen LogP contribution in [0.2, 0.25) is 0 Å². The van der Waals surface area contributed by atoms with Crippen molar-refractivity contribution < 1.29 is 14.0 Å². The summed E-state index contributed by atoms with van der Waals surface area (Å²) < 4.78 is 12.7. The average molecular weight is 264 g/mol. The van der Waals surface area contributed by atoms with Crippen LogP contribution in [0.15, 0.2) is 24.3 Å². The molecule has 0 spiro atoms. The standard InChI is InChI=1S/C14H17FN2O2/c15-11-5-3-10(4-6-11)8-12(18)9-17-7-1-2-13(17)14(16)19/h3-6,13H,1-2,7-9H2,(H2,16,19). The molecule has 0 radical (unpaired) electrons. The van der Waals surface area contributed by atoms with Crippen molar-refractivity contribution in [1.82, 2.24) is 4.90 Å². The zero-order valence-electron chi connectivity index (χ0n) is 10.6. The van der Waals surface area contributed by atoms with E-state index in [1.165, 1.54) is 12.1 Å². The summed E-state index contributed by atoms with van der Waals surface area (Å²) in [4.78, 5) is 25.0. The van der Waals surface area contributed by atoms with E-state index >= 15 is 0 Å². The summed E-state index contributed by atoms with van der Waals surface area (Å²) in [6, 6.07) is 5.55. The van der Waals surface area contributed by atoms with Gasteiger partial charge < -0.3 is 5.73 Å². The first-order chi connectivity index (χ1) is 9.06. The summed E-state index contributed by atoms with van der Waals surface area (Å²) in [6.45, 7) is 0.952. The van der Waals surface area contributed by atoms with Gasteiger partial charge in [0.2, 0.25) is 5.91 Å². The van der Waals surface area contributed by atoms with Gasteiger partial charge in [0.1, 0.15) is 5.82 Å². The van der Waals surface area contributed by atoms with Crippen LogP contribution in [0.25, 0.3) is 0 Å². The van der Waals surface area contributed by atoms with Crippen LogP contribution in [0, 0.1) is 5.82 Å². The van der Waals surface area contributed by atoms with Gasteiger partial charge in [-0.3, -0.25) is 14.5 Å². The molecular weight excluding hydrogens is 247 g/mol. The Kier molecular flexibility index (Phi) is 4.27. The second-order valence-corrected chi connectivity index (χ2v) is 4.87. The summed E-state index contributed by atoms with van der Waals surface area (Å²) in [5.74, 6) is -0.670. The number of benzene rings is 1. The number of hydrogen-bond acceptors (Lipinski definition) is 3. The maximum absolute atomic E-state index is 12.7. The molecule has 1 aliphatic heterocycles. The number of ketones is 1. The second-order valence-electron chi connectivity index (χ2n) is 4.87. The topological polar surface area (TPSA) is 63.4 Å². The zero-order chi connectivity index (χ0) is 13.8. The molecular formula is C14H17FN2O2. The van der Waals surface area contributed by atoms with Crippen molar-refractivity contribution in [3.63, 3.8) is 0 Å². The Hall–Kier alpha value is -1.75. The maximum Gasteiger partial charge on any atom is 0.234 e. The van der Waals surface area contributed by atoms with Crippen LogP contribution in [0.4, 0.5) is 4.39 Å². The fourth-order valence-electron chi connectivity index (χ4n) is 2.45. The fraction of sp³-hybridized carbons (Fsp3) is 0.429. The summed E-state index contributed by atoms with van der Waals surface area (Å²) in [5.41, 5.74) is 6.08. The number of carbonyl (C=O) groups excluding carboxylic acids is 2. The number of likely N-dealkylation sites (tertiary alicyclic amines) is 1. The van der Waals surface area contributed by atoms with Gasteiger partial charge in [-0.05, 0) is 37.1 Å². The summed E-state index contributed by atoms with van der Waals surface area (Å²) in [5, 5.41) is 0. The van der Waals surface area contributed by atoms with E-state index in [-0.39, 0.29) is 36.5 Å². The number of nitrogens with two attached hydrogens (primary N) is 1. The van der Waals surface area contributed by atoms with Crippen molar-refractivity contribution in [3.05, 3.63) is 35.6 Å². The van der Waals surface area contributed by atoms with Gasteiger partial charge in [-0.2, -0.15) is 0 Å². The number of rotatable bonds is 5. The highest BCUT2D eigenvalue weighted by Crippen LogP contribution is 2.16. The van der Waals surface area contributed by atoms with Crippen LogP contribution in [0.1, 0.15) is 18.4 Å². The predicted octanol–water partition coefficient (Wildman–Crippen LogP) is 0.887. The van der Waals surface area contributed by atoms with E-state index in [9.17, 15) is 14.0 Å². The van der Waals surface area contributed by atoms with E-state index in [1.807, 2.05) is 4.90 Å². The van der Waals surface area contributed by atoms with Gasteiger partial charge in [-0.15, -0.1) is 0 Å². The first-order valence-electron chi connectivity index (χ1n) is 6.36. The Balaban J connectivity index is 1.90. The lowest BCUT2D eigenvalue weighted by molar-refractivity contribution is -0.124. The van der Waals surface area contributed by atoms with E-state index in [4.69, 9.17) is 5.73 Å². The number of amides is 1. The first kappa shape index (κ1) is 13.7. The highest BCUT2D eigenvalue weighted by Gasteiger charge is 2.29. The Bertz CT molecular complexity index is 473. The average Bonchev–Trinajstić information content (AvgIpc) is 2.80. The highest BCUT2D eigenvalue weighted by molar-refractivity contribution is 5.85. The molecule has 1 saturated heterocycles. The zero-order valence-corrected chi connectivity index (χ0v) is 10.6. The molecule has 0 saturated carbocycles. The molecule has 1 atom stereocenters. The smallest absolute Gasteiger partial charge is 0.234 e. The van der Waals surface area contributed by atoms with Crippen LogP contribution >= 0.6 is 0 Å². The van der Waals surface area contributed by atoms with Gasteiger partial charge >= 0.3 is 0 Å². The number of primary amides is 1. The Morgan fingerprint density at radius 3 is 2.63 bits per heavy atom. The van der Waals surface area contributed by atoms with Crippen LogP contribution in [-0.2, 0) is 16.0 Å². The Labute approximate surface area is 111 Å².